The largest absolute Gasteiger partial charge is 0.393 e. The van der Waals surface area contributed by atoms with Crippen LogP contribution in [-0.2, 0) is 17.8 Å². The van der Waals surface area contributed by atoms with Crippen molar-refractivity contribution in [2.45, 2.75) is 26.1 Å². The number of hydrogen-bond acceptors (Lipinski definition) is 2. The van der Waals surface area contributed by atoms with Gasteiger partial charge in [0.2, 0.25) is 0 Å². The average Bonchev–Trinajstić information content (AvgIpc) is 2.08. The van der Waals surface area contributed by atoms with Crippen LogP contribution in [0, 0.1) is 0 Å². The van der Waals surface area contributed by atoms with E-state index in [2.05, 4.69) is 0 Å². The van der Waals surface area contributed by atoms with Gasteiger partial charge in [0, 0.05) is 7.11 Å². The van der Waals surface area contributed by atoms with Gasteiger partial charge in [0.1, 0.15) is 0 Å². The quantitative estimate of drug-likeness (QED) is 0.765. The molecule has 2 heteroatoms. The minimum absolute atomic E-state index is 0.270. The molecule has 0 fully saturated rings. The lowest BCUT2D eigenvalue weighted by Crippen LogP contribution is -2.03. The zero-order valence-corrected chi connectivity index (χ0v) is 8.16. The molecule has 1 atom stereocenters. The molecule has 0 aliphatic heterocycles. The summed E-state index contributed by atoms with van der Waals surface area (Å²) in [6.45, 7) is 2.44. The highest BCUT2D eigenvalue weighted by Gasteiger charge is 1.98. The Labute approximate surface area is 79.2 Å². The molecular formula is C11H16O2. The minimum Gasteiger partial charge on any atom is -0.393 e. The molecule has 1 N–H and O–H groups in total. The van der Waals surface area contributed by atoms with Crippen molar-refractivity contribution in [1.29, 1.82) is 0 Å². The van der Waals surface area contributed by atoms with Gasteiger partial charge in [-0.2, -0.15) is 0 Å². The summed E-state index contributed by atoms with van der Waals surface area (Å²) in [5.41, 5.74) is 2.33. The Hall–Kier alpha value is -0.860. The molecule has 0 spiro atoms. The molecule has 0 aliphatic rings. The Balaban J connectivity index is 2.59. The van der Waals surface area contributed by atoms with Crippen LogP contribution in [0.4, 0.5) is 0 Å². The van der Waals surface area contributed by atoms with Gasteiger partial charge in [-0.3, -0.25) is 0 Å². The van der Waals surface area contributed by atoms with E-state index in [-0.39, 0.29) is 6.10 Å². The smallest absolute Gasteiger partial charge is 0.0713 e. The van der Waals surface area contributed by atoms with E-state index in [1.54, 1.807) is 14.0 Å². The van der Waals surface area contributed by atoms with E-state index in [0.29, 0.717) is 13.0 Å². The Morgan fingerprint density at radius 3 is 2.23 bits per heavy atom. The zero-order chi connectivity index (χ0) is 9.68. The van der Waals surface area contributed by atoms with Crippen molar-refractivity contribution in [3.8, 4) is 0 Å². The Kier molecular flexibility index (Phi) is 3.93. The molecule has 0 heterocycles. The monoisotopic (exact) mass is 180 g/mol. The van der Waals surface area contributed by atoms with Crippen molar-refractivity contribution in [3.05, 3.63) is 35.4 Å². The number of hydrogen-bond donors (Lipinski definition) is 1. The fourth-order valence-electron chi connectivity index (χ4n) is 1.28. The summed E-state index contributed by atoms with van der Waals surface area (Å²) in [5, 5.41) is 9.15. The highest BCUT2D eigenvalue weighted by molar-refractivity contribution is 5.22. The Bertz CT molecular complexity index is 239. The first-order valence-corrected chi connectivity index (χ1v) is 4.47. The minimum atomic E-state index is -0.270. The van der Waals surface area contributed by atoms with E-state index in [9.17, 15) is 0 Å². The number of ether oxygens (including phenoxy) is 1. The standard InChI is InChI=1S/C11H16O2/c1-9(12)7-10-3-5-11(6-4-10)8-13-2/h3-6,9,12H,7-8H2,1-2H3. The predicted molar refractivity (Wildman–Crippen MR) is 52.5 cm³/mol. The van der Waals surface area contributed by atoms with Crippen molar-refractivity contribution in [2.75, 3.05) is 7.11 Å². The molecule has 72 valence electrons. The maximum absolute atomic E-state index is 9.15. The number of aliphatic hydroxyl groups is 1. The zero-order valence-electron chi connectivity index (χ0n) is 8.16. The van der Waals surface area contributed by atoms with Crippen LogP contribution in [-0.4, -0.2) is 18.3 Å². The molecule has 2 nitrogen and oxygen atoms in total. The van der Waals surface area contributed by atoms with Gasteiger partial charge in [-0.1, -0.05) is 24.3 Å². The van der Waals surface area contributed by atoms with Crippen LogP contribution in [0.3, 0.4) is 0 Å². The van der Waals surface area contributed by atoms with Crippen molar-refractivity contribution in [3.63, 3.8) is 0 Å². The molecule has 1 rings (SSSR count). The van der Waals surface area contributed by atoms with Gasteiger partial charge < -0.3 is 9.84 Å². The molecule has 0 aliphatic carbocycles. The van der Waals surface area contributed by atoms with Gasteiger partial charge in [-0.15, -0.1) is 0 Å². The second-order valence-electron chi connectivity index (χ2n) is 3.30. The molecule has 0 amide bonds. The van der Waals surface area contributed by atoms with Crippen LogP contribution in [0.5, 0.6) is 0 Å². The van der Waals surface area contributed by atoms with Crippen molar-refractivity contribution in [2.24, 2.45) is 0 Å². The van der Waals surface area contributed by atoms with Crippen LogP contribution in [0.2, 0.25) is 0 Å². The van der Waals surface area contributed by atoms with E-state index < -0.39 is 0 Å². The lowest BCUT2D eigenvalue weighted by molar-refractivity contribution is 0.184. The van der Waals surface area contributed by atoms with E-state index in [0.717, 1.165) is 11.1 Å². The predicted octanol–water partition coefficient (Wildman–Crippen LogP) is 1.76. The molecule has 0 saturated heterocycles. The van der Waals surface area contributed by atoms with Crippen molar-refractivity contribution < 1.29 is 9.84 Å². The summed E-state index contributed by atoms with van der Waals surface area (Å²) in [5.74, 6) is 0. The molecule has 0 bridgehead atoms. The number of methoxy groups -OCH3 is 1. The second-order valence-corrected chi connectivity index (χ2v) is 3.30. The summed E-state index contributed by atoms with van der Waals surface area (Å²) in [6, 6.07) is 8.12. The summed E-state index contributed by atoms with van der Waals surface area (Å²) in [4.78, 5) is 0. The van der Waals surface area contributed by atoms with E-state index in [1.165, 1.54) is 0 Å². The summed E-state index contributed by atoms with van der Waals surface area (Å²) >= 11 is 0. The average molecular weight is 180 g/mol. The molecule has 0 saturated carbocycles. The van der Waals surface area contributed by atoms with E-state index in [4.69, 9.17) is 9.84 Å². The van der Waals surface area contributed by atoms with Gasteiger partial charge in [0.25, 0.3) is 0 Å². The number of rotatable bonds is 4. The summed E-state index contributed by atoms with van der Waals surface area (Å²) in [6.07, 6.45) is 0.445. The molecule has 1 aromatic carbocycles. The summed E-state index contributed by atoms with van der Waals surface area (Å²) < 4.78 is 5.00. The topological polar surface area (TPSA) is 29.5 Å². The van der Waals surface area contributed by atoms with Crippen molar-refractivity contribution in [1.82, 2.24) is 0 Å². The van der Waals surface area contributed by atoms with Gasteiger partial charge >= 0.3 is 0 Å². The van der Waals surface area contributed by atoms with Crippen LogP contribution >= 0.6 is 0 Å². The van der Waals surface area contributed by atoms with Crippen molar-refractivity contribution >= 4 is 0 Å². The van der Waals surface area contributed by atoms with Crippen LogP contribution in [0.1, 0.15) is 18.1 Å². The first kappa shape index (κ1) is 10.2. The van der Waals surface area contributed by atoms with E-state index in [1.807, 2.05) is 24.3 Å². The molecule has 1 unspecified atom stereocenters. The number of benzene rings is 1. The normalized spacial score (nSPS) is 12.8. The van der Waals surface area contributed by atoms with Crippen LogP contribution < -0.4 is 0 Å². The highest BCUT2D eigenvalue weighted by Crippen LogP contribution is 2.07. The number of aliphatic hydroxyl groups excluding tert-OH is 1. The molecule has 13 heavy (non-hydrogen) atoms. The Morgan fingerprint density at radius 2 is 1.77 bits per heavy atom. The second kappa shape index (κ2) is 5.00. The van der Waals surface area contributed by atoms with Gasteiger partial charge in [-0.05, 0) is 24.5 Å². The third-order valence-electron chi connectivity index (χ3n) is 1.87. The highest BCUT2D eigenvalue weighted by atomic mass is 16.5. The molecule has 0 radical (unpaired) electrons. The third-order valence-corrected chi connectivity index (χ3v) is 1.87. The fraction of sp³-hybridized carbons (Fsp3) is 0.455. The molecule has 0 aromatic heterocycles. The Morgan fingerprint density at radius 1 is 1.23 bits per heavy atom. The summed E-state index contributed by atoms with van der Waals surface area (Å²) in [7, 11) is 1.68. The molecule has 1 aromatic rings. The van der Waals surface area contributed by atoms with Gasteiger partial charge in [-0.25, -0.2) is 0 Å². The third kappa shape index (κ3) is 3.57. The van der Waals surface area contributed by atoms with Gasteiger partial charge in [0.15, 0.2) is 0 Å². The molecular weight excluding hydrogens is 164 g/mol. The van der Waals surface area contributed by atoms with Gasteiger partial charge in [0.05, 0.1) is 12.7 Å². The van der Waals surface area contributed by atoms with E-state index >= 15 is 0 Å². The fourth-order valence-corrected chi connectivity index (χ4v) is 1.28. The lowest BCUT2D eigenvalue weighted by Gasteiger charge is -2.05. The maximum atomic E-state index is 9.15. The first-order chi connectivity index (χ1) is 6.22. The maximum Gasteiger partial charge on any atom is 0.0713 e. The van der Waals surface area contributed by atoms with Crippen LogP contribution in [0.25, 0.3) is 0 Å². The van der Waals surface area contributed by atoms with Crippen LogP contribution in [0.15, 0.2) is 24.3 Å². The first-order valence-electron chi connectivity index (χ1n) is 4.47. The SMILES string of the molecule is COCc1ccc(CC(C)O)cc1. The lowest BCUT2D eigenvalue weighted by atomic mass is 10.1.